The molecule has 100 valence electrons. The number of hydrogen-bond acceptors (Lipinski definition) is 4. The summed E-state index contributed by atoms with van der Waals surface area (Å²) in [7, 11) is 0. The van der Waals surface area contributed by atoms with E-state index in [1.54, 1.807) is 6.08 Å². The third-order valence-corrected chi connectivity index (χ3v) is 4.41. The van der Waals surface area contributed by atoms with Gasteiger partial charge in [-0.25, -0.2) is 4.79 Å². The van der Waals surface area contributed by atoms with E-state index in [1.165, 1.54) is 0 Å². The highest BCUT2D eigenvalue weighted by molar-refractivity contribution is 6.09. The summed E-state index contributed by atoms with van der Waals surface area (Å²) in [6.45, 7) is 7.47. The van der Waals surface area contributed by atoms with Gasteiger partial charge in [-0.1, -0.05) is 17.7 Å². The van der Waals surface area contributed by atoms with Crippen LogP contribution in [-0.2, 0) is 14.3 Å². The first-order chi connectivity index (χ1) is 8.91. The van der Waals surface area contributed by atoms with Crippen molar-refractivity contribution in [3.63, 3.8) is 0 Å². The van der Waals surface area contributed by atoms with Crippen molar-refractivity contribution in [1.82, 2.24) is 0 Å². The molecule has 3 aliphatic rings. The number of hydrogen-bond donors (Lipinski definition) is 1. The van der Waals surface area contributed by atoms with Crippen molar-refractivity contribution in [1.29, 1.82) is 0 Å². The van der Waals surface area contributed by atoms with Gasteiger partial charge in [-0.2, -0.15) is 0 Å². The lowest BCUT2D eigenvalue weighted by molar-refractivity contribution is -0.140. The van der Waals surface area contributed by atoms with Crippen LogP contribution in [0.1, 0.15) is 20.3 Å². The molecule has 4 atom stereocenters. The van der Waals surface area contributed by atoms with Crippen LogP contribution >= 0.6 is 0 Å². The van der Waals surface area contributed by atoms with Gasteiger partial charge in [0.2, 0.25) is 0 Å². The second-order valence-electron chi connectivity index (χ2n) is 5.62. The zero-order chi connectivity index (χ0) is 13.9. The average Bonchev–Trinajstić information content (AvgIpc) is 2.72. The van der Waals surface area contributed by atoms with E-state index in [9.17, 15) is 14.7 Å². The second-order valence-corrected chi connectivity index (χ2v) is 5.62. The van der Waals surface area contributed by atoms with Gasteiger partial charge in [0.25, 0.3) is 0 Å². The minimum Gasteiger partial charge on any atom is -0.457 e. The van der Waals surface area contributed by atoms with Crippen molar-refractivity contribution in [2.45, 2.75) is 32.5 Å². The zero-order valence-corrected chi connectivity index (χ0v) is 11.0. The van der Waals surface area contributed by atoms with Crippen LogP contribution in [0.5, 0.6) is 0 Å². The van der Waals surface area contributed by atoms with Crippen molar-refractivity contribution in [3.8, 4) is 0 Å². The molecule has 4 heteroatoms. The van der Waals surface area contributed by atoms with E-state index in [0.717, 1.165) is 11.1 Å². The largest absolute Gasteiger partial charge is 0.457 e. The van der Waals surface area contributed by atoms with Gasteiger partial charge in [0.15, 0.2) is 5.78 Å². The lowest BCUT2D eigenvalue weighted by atomic mass is 9.82. The maximum absolute atomic E-state index is 12.1. The molecule has 19 heavy (non-hydrogen) atoms. The molecule has 0 aromatic rings. The van der Waals surface area contributed by atoms with Crippen LogP contribution in [0.3, 0.4) is 0 Å². The molecule has 4 unspecified atom stereocenters. The lowest BCUT2D eigenvalue weighted by Gasteiger charge is -2.25. The quantitative estimate of drug-likeness (QED) is 0.527. The third kappa shape index (κ3) is 1.56. The van der Waals surface area contributed by atoms with Gasteiger partial charge in [-0.15, -0.1) is 0 Å². The monoisotopic (exact) mass is 260 g/mol. The van der Waals surface area contributed by atoms with E-state index >= 15 is 0 Å². The normalized spacial score (nSPS) is 37.8. The van der Waals surface area contributed by atoms with Crippen LogP contribution in [0.25, 0.3) is 0 Å². The molecule has 0 saturated carbocycles. The van der Waals surface area contributed by atoms with Crippen molar-refractivity contribution >= 4 is 11.8 Å². The Hall–Kier alpha value is -1.68. The molecule has 0 spiro atoms. The molecule has 2 aliphatic carbocycles. The second kappa shape index (κ2) is 3.90. The molecule has 1 heterocycles. The highest BCUT2D eigenvalue weighted by Crippen LogP contribution is 2.47. The number of esters is 1. The number of ketones is 1. The molecule has 3 rings (SSSR count). The molecule has 0 aromatic carbocycles. The Labute approximate surface area is 111 Å². The third-order valence-electron chi connectivity index (χ3n) is 4.41. The summed E-state index contributed by atoms with van der Waals surface area (Å²) in [6, 6.07) is 0. The minimum atomic E-state index is -0.720. The summed E-state index contributed by atoms with van der Waals surface area (Å²) in [5.41, 5.74) is 2.78. The highest BCUT2D eigenvalue weighted by atomic mass is 16.6. The molecule has 1 aliphatic heterocycles. The Morgan fingerprint density at radius 3 is 2.74 bits per heavy atom. The van der Waals surface area contributed by atoms with Crippen LogP contribution in [0.4, 0.5) is 0 Å². The number of allylic oxidation sites excluding steroid dienone is 1. The maximum Gasteiger partial charge on any atom is 0.334 e. The summed E-state index contributed by atoms with van der Waals surface area (Å²) in [5, 5.41) is 10.3. The molecule has 0 radical (unpaired) electrons. The first-order valence-electron chi connectivity index (χ1n) is 6.42. The number of ether oxygens (including phenoxy) is 1. The fourth-order valence-corrected chi connectivity index (χ4v) is 3.54. The van der Waals surface area contributed by atoms with E-state index in [0.29, 0.717) is 17.6 Å². The van der Waals surface area contributed by atoms with Crippen molar-refractivity contribution in [2.75, 3.05) is 0 Å². The van der Waals surface area contributed by atoms with Gasteiger partial charge in [-0.05, 0) is 26.3 Å². The first kappa shape index (κ1) is 12.4. The Morgan fingerprint density at radius 2 is 2.05 bits per heavy atom. The number of aliphatic hydroxyl groups excluding tert-OH is 1. The average molecular weight is 260 g/mol. The SMILES string of the molecule is C=C1C(=O)OC2C3C(C)=CC(=O)C3=C(C)CC(O)C12. The molecular weight excluding hydrogens is 244 g/mol. The molecule has 1 N–H and O–H groups in total. The number of carbonyl (C=O) groups excluding carboxylic acids is 2. The molecule has 1 saturated heterocycles. The molecular formula is C15H16O4. The van der Waals surface area contributed by atoms with Crippen LogP contribution in [-0.4, -0.2) is 29.1 Å². The number of aliphatic hydroxyl groups is 1. The van der Waals surface area contributed by atoms with E-state index in [1.807, 2.05) is 13.8 Å². The van der Waals surface area contributed by atoms with Crippen LogP contribution in [0.15, 0.2) is 34.9 Å². The summed E-state index contributed by atoms with van der Waals surface area (Å²) < 4.78 is 5.38. The van der Waals surface area contributed by atoms with Crippen molar-refractivity contribution in [2.24, 2.45) is 11.8 Å². The number of fused-ring (bicyclic) bond motifs is 3. The standard InChI is InChI=1S/C15H16O4/c1-6-4-10(17)13-8(3)15(18)19-14(13)12-7(2)5-9(16)11(6)12/h5,10,12-14,17H,3-4H2,1-2H3. The van der Waals surface area contributed by atoms with Crippen molar-refractivity contribution < 1.29 is 19.4 Å². The number of rotatable bonds is 0. The summed E-state index contributed by atoms with van der Waals surface area (Å²) in [6.07, 6.45) is 0.774. The zero-order valence-electron chi connectivity index (χ0n) is 11.0. The lowest BCUT2D eigenvalue weighted by Crippen LogP contribution is -2.33. The van der Waals surface area contributed by atoms with E-state index in [4.69, 9.17) is 4.74 Å². The number of carbonyl (C=O) groups is 2. The fourth-order valence-electron chi connectivity index (χ4n) is 3.54. The van der Waals surface area contributed by atoms with Crippen LogP contribution in [0, 0.1) is 11.8 Å². The van der Waals surface area contributed by atoms with Crippen LogP contribution < -0.4 is 0 Å². The Balaban J connectivity index is 2.14. The van der Waals surface area contributed by atoms with E-state index < -0.39 is 24.1 Å². The van der Waals surface area contributed by atoms with Gasteiger partial charge >= 0.3 is 5.97 Å². The predicted molar refractivity (Wildman–Crippen MR) is 68.1 cm³/mol. The maximum atomic E-state index is 12.1. The Morgan fingerprint density at radius 1 is 1.37 bits per heavy atom. The summed E-state index contributed by atoms with van der Waals surface area (Å²) in [5.74, 6) is -1.13. The fraction of sp³-hybridized carbons (Fsp3) is 0.467. The molecule has 0 aromatic heterocycles. The smallest absolute Gasteiger partial charge is 0.334 e. The highest BCUT2D eigenvalue weighted by Gasteiger charge is 2.52. The van der Waals surface area contributed by atoms with Gasteiger partial charge in [0, 0.05) is 17.1 Å². The predicted octanol–water partition coefficient (Wildman–Crippen LogP) is 1.31. The minimum absolute atomic E-state index is 0.0265. The van der Waals surface area contributed by atoms with Gasteiger partial charge in [0.1, 0.15) is 6.10 Å². The van der Waals surface area contributed by atoms with E-state index in [2.05, 4.69) is 6.58 Å². The molecule has 0 amide bonds. The Bertz CT molecular complexity index is 567. The summed E-state index contributed by atoms with van der Waals surface area (Å²) >= 11 is 0. The molecule has 0 bridgehead atoms. The summed E-state index contributed by atoms with van der Waals surface area (Å²) in [4.78, 5) is 23.8. The van der Waals surface area contributed by atoms with Gasteiger partial charge < -0.3 is 9.84 Å². The molecule has 4 nitrogen and oxygen atoms in total. The van der Waals surface area contributed by atoms with E-state index in [-0.39, 0.29) is 11.7 Å². The molecule has 1 fully saturated rings. The first-order valence-corrected chi connectivity index (χ1v) is 6.42. The van der Waals surface area contributed by atoms with Gasteiger partial charge in [0.05, 0.1) is 12.0 Å². The van der Waals surface area contributed by atoms with Crippen LogP contribution in [0.2, 0.25) is 0 Å². The topological polar surface area (TPSA) is 63.6 Å². The Kier molecular flexibility index (Phi) is 2.54. The van der Waals surface area contributed by atoms with Crippen molar-refractivity contribution in [3.05, 3.63) is 34.9 Å². The van der Waals surface area contributed by atoms with Gasteiger partial charge in [-0.3, -0.25) is 4.79 Å².